The molecule has 4 rings (SSSR count). The number of carbonyl (C=O) groups excluding carboxylic acids is 2. The third-order valence-electron chi connectivity index (χ3n) is 5.89. The molecule has 0 radical (unpaired) electrons. The van der Waals surface area contributed by atoms with Gasteiger partial charge in [0, 0.05) is 22.6 Å². The van der Waals surface area contributed by atoms with Crippen LogP contribution in [0.3, 0.4) is 0 Å². The highest BCUT2D eigenvalue weighted by atomic mass is 35.5. The Labute approximate surface area is 210 Å². The summed E-state index contributed by atoms with van der Waals surface area (Å²) in [4.78, 5) is 30.3. The van der Waals surface area contributed by atoms with Gasteiger partial charge in [0.1, 0.15) is 6.54 Å². The summed E-state index contributed by atoms with van der Waals surface area (Å²) in [6.45, 7) is 1.84. The highest BCUT2D eigenvalue weighted by molar-refractivity contribution is 6.30. The Morgan fingerprint density at radius 1 is 1.08 bits per heavy atom. The van der Waals surface area contributed by atoms with Gasteiger partial charge in [-0.15, -0.1) is 0 Å². The number of amides is 2. The molecule has 2 N–H and O–H groups in total. The molecule has 0 aliphatic carbocycles. The summed E-state index contributed by atoms with van der Waals surface area (Å²) in [7, 11) is 0. The van der Waals surface area contributed by atoms with E-state index in [-0.39, 0.29) is 5.56 Å². The van der Waals surface area contributed by atoms with Crippen molar-refractivity contribution in [3.05, 3.63) is 81.9 Å². The van der Waals surface area contributed by atoms with Crippen LogP contribution in [0.2, 0.25) is 5.02 Å². The number of nitrogens with zero attached hydrogens (tertiary/aromatic N) is 1. The van der Waals surface area contributed by atoms with E-state index in [1.54, 1.807) is 29.6 Å². The van der Waals surface area contributed by atoms with E-state index in [2.05, 4.69) is 10.5 Å². The lowest BCUT2D eigenvalue weighted by Crippen LogP contribution is -2.40. The van der Waals surface area contributed by atoms with Gasteiger partial charge in [-0.2, -0.15) is 13.2 Å². The van der Waals surface area contributed by atoms with Crippen LogP contribution in [-0.2, 0) is 15.2 Å². The van der Waals surface area contributed by atoms with Gasteiger partial charge in [-0.05, 0) is 53.9 Å². The molecule has 1 aliphatic heterocycles. The summed E-state index contributed by atoms with van der Waals surface area (Å²) >= 11 is 6.25. The van der Waals surface area contributed by atoms with Crippen molar-refractivity contribution >= 4 is 39.9 Å². The molecule has 0 saturated heterocycles. The number of carbonyl (C=O) groups is 2. The third kappa shape index (κ3) is 5.62. The second-order valence-electron chi connectivity index (χ2n) is 8.84. The van der Waals surface area contributed by atoms with Crippen LogP contribution >= 0.6 is 11.6 Å². The normalized spacial score (nSPS) is 17.4. The minimum atomic E-state index is -4.53. The molecular formula is C26H23ClF3N3O3. The summed E-state index contributed by atoms with van der Waals surface area (Å²) in [5.74, 6) is -1.52. The van der Waals surface area contributed by atoms with E-state index >= 15 is 0 Å². The van der Waals surface area contributed by atoms with E-state index < -0.39 is 36.7 Å². The summed E-state index contributed by atoms with van der Waals surface area (Å²) in [6.07, 6.45) is -4.05. The van der Waals surface area contributed by atoms with E-state index in [0.717, 1.165) is 22.1 Å². The van der Waals surface area contributed by atoms with E-state index in [1.807, 2.05) is 44.2 Å². The fourth-order valence-corrected chi connectivity index (χ4v) is 4.44. The largest absolute Gasteiger partial charge is 0.405 e. The van der Waals surface area contributed by atoms with Crippen LogP contribution in [0.5, 0.6) is 0 Å². The first-order chi connectivity index (χ1) is 16.9. The first kappa shape index (κ1) is 25.5. The fraction of sp³-hybridized carbons (Fsp3) is 0.269. The number of halogens is 4. The minimum absolute atomic E-state index is 0.283. The Morgan fingerprint density at radius 3 is 2.50 bits per heavy atom. The molecule has 0 fully saturated rings. The summed E-state index contributed by atoms with van der Waals surface area (Å²) < 4.78 is 36.8. The monoisotopic (exact) mass is 517 g/mol. The van der Waals surface area contributed by atoms with Crippen molar-refractivity contribution in [2.24, 2.45) is 5.16 Å². The molecule has 10 heteroatoms. The lowest BCUT2D eigenvalue weighted by molar-refractivity contribution is -0.137. The van der Waals surface area contributed by atoms with Crippen molar-refractivity contribution in [2.75, 3.05) is 13.1 Å². The zero-order valence-electron chi connectivity index (χ0n) is 19.5. The number of hydrogen-bond acceptors (Lipinski definition) is 4. The van der Waals surface area contributed by atoms with Gasteiger partial charge in [0.25, 0.3) is 5.91 Å². The average Bonchev–Trinajstić information content (AvgIpc) is 3.22. The van der Waals surface area contributed by atoms with Gasteiger partial charge in [-0.1, -0.05) is 53.2 Å². The maximum atomic E-state index is 12.8. The number of alkyl halides is 3. The van der Waals surface area contributed by atoms with Gasteiger partial charge >= 0.3 is 6.18 Å². The van der Waals surface area contributed by atoms with Crippen LogP contribution in [0.1, 0.15) is 40.4 Å². The van der Waals surface area contributed by atoms with Gasteiger partial charge in [-0.3, -0.25) is 9.59 Å². The molecule has 0 unspecified atom stereocenters. The zero-order chi connectivity index (χ0) is 26.1. The van der Waals surface area contributed by atoms with E-state index in [9.17, 15) is 22.8 Å². The Balaban J connectivity index is 1.55. The van der Waals surface area contributed by atoms with Gasteiger partial charge < -0.3 is 15.5 Å². The van der Waals surface area contributed by atoms with Crippen LogP contribution in [0.4, 0.5) is 13.2 Å². The van der Waals surface area contributed by atoms with Crippen molar-refractivity contribution in [2.45, 2.75) is 32.0 Å². The number of oxime groups is 1. The molecule has 0 spiro atoms. The minimum Gasteiger partial charge on any atom is -0.384 e. The predicted octanol–water partition coefficient (Wildman–Crippen LogP) is 5.25. The summed E-state index contributed by atoms with van der Waals surface area (Å²) in [5.41, 5.74) is 2.95. The van der Waals surface area contributed by atoms with E-state index in [1.165, 1.54) is 0 Å². The highest BCUT2D eigenvalue weighted by Crippen LogP contribution is 2.39. The van der Waals surface area contributed by atoms with Crippen molar-refractivity contribution in [1.29, 1.82) is 0 Å². The molecule has 3 aromatic rings. The number of hydrogen-bond donors (Lipinski definition) is 2. The third-order valence-corrected chi connectivity index (χ3v) is 6.11. The van der Waals surface area contributed by atoms with E-state index in [0.29, 0.717) is 22.5 Å². The topological polar surface area (TPSA) is 79.8 Å². The van der Waals surface area contributed by atoms with Crippen LogP contribution < -0.4 is 10.6 Å². The highest BCUT2D eigenvalue weighted by Gasteiger charge is 2.37. The van der Waals surface area contributed by atoms with Crippen molar-refractivity contribution < 1.29 is 27.6 Å². The van der Waals surface area contributed by atoms with Crippen molar-refractivity contribution in [1.82, 2.24) is 10.6 Å². The summed E-state index contributed by atoms with van der Waals surface area (Å²) in [6, 6.07) is 16.3. The average molecular weight is 518 g/mol. The molecule has 3 aromatic carbocycles. The fourth-order valence-electron chi connectivity index (χ4n) is 4.15. The molecule has 0 saturated carbocycles. The first-order valence-electron chi connectivity index (χ1n) is 11.1. The van der Waals surface area contributed by atoms with Crippen molar-refractivity contribution in [3.8, 4) is 0 Å². The standard InChI is InChI=1S/C26H23ClF3N3O3/c1-15-9-16(11-17(27)10-15)25(2)12-22(33-36-25)20-7-8-21(19-6-4-3-5-18(19)20)24(35)31-13-23(34)32-14-26(28,29)30/h3-11H,12-14H2,1-2H3,(H,31,35)(H,32,34)/t25-/m0/s1. The van der Waals surface area contributed by atoms with Gasteiger partial charge in [0.15, 0.2) is 5.60 Å². The maximum absolute atomic E-state index is 12.8. The zero-order valence-corrected chi connectivity index (χ0v) is 20.3. The summed E-state index contributed by atoms with van der Waals surface area (Å²) in [5, 5.41) is 10.4. The van der Waals surface area contributed by atoms with Crippen LogP contribution in [0, 0.1) is 6.92 Å². The first-order valence-corrected chi connectivity index (χ1v) is 11.5. The Kier molecular flexibility index (Phi) is 6.95. The molecule has 0 aromatic heterocycles. The van der Waals surface area contributed by atoms with Gasteiger partial charge in [0.05, 0.1) is 12.3 Å². The molecule has 1 atom stereocenters. The van der Waals surface area contributed by atoms with Gasteiger partial charge in [-0.25, -0.2) is 0 Å². The molecule has 1 heterocycles. The Hall–Kier alpha value is -3.59. The lowest BCUT2D eigenvalue weighted by Gasteiger charge is -2.22. The molecule has 1 aliphatic rings. The number of fused-ring (bicyclic) bond motifs is 1. The number of nitrogens with one attached hydrogen (secondary N) is 2. The Morgan fingerprint density at radius 2 is 1.81 bits per heavy atom. The smallest absolute Gasteiger partial charge is 0.384 e. The van der Waals surface area contributed by atoms with Crippen molar-refractivity contribution in [3.63, 3.8) is 0 Å². The van der Waals surface area contributed by atoms with Crippen LogP contribution in [0.25, 0.3) is 10.8 Å². The van der Waals surface area contributed by atoms with Crippen LogP contribution in [0.15, 0.2) is 59.8 Å². The quantitative estimate of drug-likeness (QED) is 0.469. The molecule has 2 amide bonds. The molecular weight excluding hydrogens is 495 g/mol. The molecule has 188 valence electrons. The second-order valence-corrected chi connectivity index (χ2v) is 9.27. The molecule has 36 heavy (non-hydrogen) atoms. The Bertz CT molecular complexity index is 1350. The molecule has 6 nitrogen and oxygen atoms in total. The van der Waals surface area contributed by atoms with E-state index in [4.69, 9.17) is 16.4 Å². The lowest BCUT2D eigenvalue weighted by atomic mass is 9.86. The van der Waals surface area contributed by atoms with Crippen LogP contribution in [-0.4, -0.2) is 36.8 Å². The number of benzene rings is 3. The SMILES string of the molecule is Cc1cc(Cl)cc([C@]2(C)CC(c3ccc(C(=O)NCC(=O)NCC(F)(F)F)c4ccccc34)=NO2)c1. The predicted molar refractivity (Wildman–Crippen MR) is 131 cm³/mol. The molecule has 0 bridgehead atoms. The van der Waals surface area contributed by atoms with Gasteiger partial charge in [0.2, 0.25) is 5.91 Å². The maximum Gasteiger partial charge on any atom is 0.405 e. The number of rotatable bonds is 6. The second kappa shape index (κ2) is 9.81. The number of aryl methyl sites for hydroxylation is 1.